The molecule has 1 aromatic carbocycles. The number of carbonyl (C=O) groups is 2. The first-order valence-electron chi connectivity index (χ1n) is 6.84. The molecule has 0 spiro atoms. The van der Waals surface area contributed by atoms with Crippen molar-refractivity contribution < 1.29 is 19.4 Å². The van der Waals surface area contributed by atoms with Gasteiger partial charge in [-0.25, -0.2) is 0 Å². The van der Waals surface area contributed by atoms with E-state index in [0.29, 0.717) is 6.54 Å². The molecule has 1 aromatic rings. The van der Waals surface area contributed by atoms with Crippen LogP contribution in [0.2, 0.25) is 0 Å². The van der Waals surface area contributed by atoms with E-state index < -0.39 is 5.97 Å². The van der Waals surface area contributed by atoms with Crippen molar-refractivity contribution in [3.05, 3.63) is 42.0 Å². The molecule has 0 saturated heterocycles. The highest BCUT2D eigenvalue weighted by Gasteiger charge is 2.13. The molecular weight excluding hydrogens is 270 g/mol. The highest BCUT2D eigenvalue weighted by molar-refractivity contribution is 5.81. The van der Waals surface area contributed by atoms with Gasteiger partial charge in [0, 0.05) is 19.5 Å². The molecule has 5 heteroatoms. The maximum atomic E-state index is 12.0. The summed E-state index contributed by atoms with van der Waals surface area (Å²) in [4.78, 5) is 24.5. The van der Waals surface area contributed by atoms with Gasteiger partial charge in [0.15, 0.2) is 0 Å². The Morgan fingerprint density at radius 3 is 2.57 bits per heavy atom. The molecule has 1 N–H and O–H groups in total. The molecule has 0 aliphatic rings. The van der Waals surface area contributed by atoms with Crippen LogP contribution in [0.1, 0.15) is 18.4 Å². The van der Waals surface area contributed by atoms with E-state index >= 15 is 0 Å². The Kier molecular flexibility index (Phi) is 7.82. The van der Waals surface area contributed by atoms with Crippen molar-refractivity contribution in [2.45, 2.75) is 12.8 Å². The van der Waals surface area contributed by atoms with Crippen LogP contribution in [0.25, 0.3) is 6.08 Å². The highest BCUT2D eigenvalue weighted by atomic mass is 16.5. The summed E-state index contributed by atoms with van der Waals surface area (Å²) in [6.45, 7) is 0.539. The van der Waals surface area contributed by atoms with Gasteiger partial charge in [0.25, 0.3) is 0 Å². The lowest BCUT2D eigenvalue weighted by Crippen LogP contribution is -2.34. The molecule has 0 atom stereocenters. The van der Waals surface area contributed by atoms with Gasteiger partial charge >= 0.3 is 5.97 Å². The van der Waals surface area contributed by atoms with Gasteiger partial charge in [-0.1, -0.05) is 42.5 Å². The van der Waals surface area contributed by atoms with Crippen LogP contribution >= 0.6 is 0 Å². The summed E-state index contributed by atoms with van der Waals surface area (Å²) in [7, 11) is 1.29. The Morgan fingerprint density at radius 1 is 1.24 bits per heavy atom. The summed E-state index contributed by atoms with van der Waals surface area (Å²) >= 11 is 0. The maximum Gasteiger partial charge on any atom is 0.306 e. The second-order valence-electron chi connectivity index (χ2n) is 4.45. The van der Waals surface area contributed by atoms with E-state index in [9.17, 15) is 9.59 Å². The number of rotatable bonds is 8. The van der Waals surface area contributed by atoms with E-state index in [1.54, 1.807) is 0 Å². The number of nitrogens with zero attached hydrogens (tertiary/aromatic N) is 1. The number of esters is 1. The number of amides is 1. The molecule has 0 aliphatic heterocycles. The van der Waals surface area contributed by atoms with Crippen molar-refractivity contribution in [2.24, 2.45) is 0 Å². The van der Waals surface area contributed by atoms with E-state index in [1.165, 1.54) is 12.0 Å². The standard InChI is InChI=1S/C16H21NO4/c1-21-16(20)10-9-15(19)17(12-13-18)11-5-8-14-6-3-2-4-7-14/h2-8,18H,9-13H2,1H3. The first kappa shape index (κ1) is 16.9. The van der Waals surface area contributed by atoms with Gasteiger partial charge < -0.3 is 14.7 Å². The van der Waals surface area contributed by atoms with Gasteiger partial charge in [-0.3, -0.25) is 9.59 Å². The van der Waals surface area contributed by atoms with E-state index in [1.807, 2.05) is 42.5 Å². The van der Waals surface area contributed by atoms with Crippen LogP contribution in [-0.2, 0) is 14.3 Å². The highest BCUT2D eigenvalue weighted by Crippen LogP contribution is 2.03. The van der Waals surface area contributed by atoms with Crippen LogP contribution in [0.5, 0.6) is 0 Å². The van der Waals surface area contributed by atoms with Crippen molar-refractivity contribution in [3.63, 3.8) is 0 Å². The SMILES string of the molecule is COC(=O)CCC(=O)N(CC=Cc1ccccc1)CCO. The van der Waals surface area contributed by atoms with Crippen molar-refractivity contribution >= 4 is 18.0 Å². The quantitative estimate of drug-likeness (QED) is 0.737. The van der Waals surface area contributed by atoms with Crippen LogP contribution < -0.4 is 0 Å². The van der Waals surface area contributed by atoms with Crippen LogP contribution in [-0.4, -0.2) is 48.7 Å². The lowest BCUT2D eigenvalue weighted by Gasteiger charge is -2.19. The van der Waals surface area contributed by atoms with Crippen LogP contribution in [0.4, 0.5) is 0 Å². The summed E-state index contributed by atoms with van der Waals surface area (Å²) in [6, 6.07) is 9.74. The number of hydrogen-bond acceptors (Lipinski definition) is 4. The van der Waals surface area contributed by atoms with E-state index in [0.717, 1.165) is 5.56 Å². The Bertz CT molecular complexity index is 470. The Balaban J connectivity index is 2.50. The van der Waals surface area contributed by atoms with Crippen LogP contribution in [0.15, 0.2) is 36.4 Å². The van der Waals surface area contributed by atoms with Gasteiger partial charge in [0.2, 0.25) is 5.91 Å². The first-order valence-corrected chi connectivity index (χ1v) is 6.84. The molecule has 0 unspecified atom stereocenters. The molecule has 0 aromatic heterocycles. The molecule has 0 bridgehead atoms. The fourth-order valence-corrected chi connectivity index (χ4v) is 1.79. The normalized spacial score (nSPS) is 10.6. The fraction of sp³-hybridized carbons (Fsp3) is 0.375. The van der Waals surface area contributed by atoms with Crippen molar-refractivity contribution in [3.8, 4) is 0 Å². The zero-order chi connectivity index (χ0) is 15.5. The Labute approximate surface area is 124 Å². The van der Waals surface area contributed by atoms with Gasteiger partial charge in [0.1, 0.15) is 0 Å². The minimum Gasteiger partial charge on any atom is -0.469 e. The maximum absolute atomic E-state index is 12.0. The number of carbonyl (C=O) groups excluding carboxylic acids is 2. The van der Waals surface area contributed by atoms with E-state index in [2.05, 4.69) is 4.74 Å². The number of ether oxygens (including phenoxy) is 1. The van der Waals surface area contributed by atoms with Crippen LogP contribution in [0.3, 0.4) is 0 Å². The van der Waals surface area contributed by atoms with Crippen molar-refractivity contribution in [1.82, 2.24) is 4.90 Å². The van der Waals surface area contributed by atoms with E-state index in [-0.39, 0.29) is 31.9 Å². The molecule has 21 heavy (non-hydrogen) atoms. The molecule has 0 fully saturated rings. The lowest BCUT2D eigenvalue weighted by atomic mass is 10.2. The topological polar surface area (TPSA) is 66.8 Å². The Morgan fingerprint density at radius 2 is 1.95 bits per heavy atom. The molecule has 1 rings (SSSR count). The second-order valence-corrected chi connectivity index (χ2v) is 4.45. The van der Waals surface area contributed by atoms with Crippen molar-refractivity contribution in [1.29, 1.82) is 0 Å². The molecule has 0 radical (unpaired) electrons. The number of methoxy groups -OCH3 is 1. The van der Waals surface area contributed by atoms with Gasteiger partial charge in [-0.2, -0.15) is 0 Å². The minimum absolute atomic E-state index is 0.0552. The zero-order valence-corrected chi connectivity index (χ0v) is 12.2. The van der Waals surface area contributed by atoms with Gasteiger partial charge in [0.05, 0.1) is 20.1 Å². The zero-order valence-electron chi connectivity index (χ0n) is 12.2. The summed E-state index contributed by atoms with van der Waals surface area (Å²) in [5.41, 5.74) is 1.04. The first-order chi connectivity index (χ1) is 10.2. The third-order valence-electron chi connectivity index (χ3n) is 2.93. The average Bonchev–Trinajstić information content (AvgIpc) is 2.52. The molecule has 114 valence electrons. The monoisotopic (exact) mass is 291 g/mol. The number of aliphatic hydroxyl groups excluding tert-OH is 1. The summed E-state index contributed by atoms with van der Waals surface area (Å²) in [5, 5.41) is 9.02. The van der Waals surface area contributed by atoms with Crippen molar-refractivity contribution in [2.75, 3.05) is 26.8 Å². The van der Waals surface area contributed by atoms with Gasteiger partial charge in [-0.15, -0.1) is 0 Å². The predicted octanol–water partition coefficient (Wildman–Crippen LogP) is 1.47. The Hall–Kier alpha value is -2.14. The second kappa shape index (κ2) is 9.72. The molecule has 0 saturated carbocycles. The summed E-state index contributed by atoms with van der Waals surface area (Å²) < 4.78 is 4.51. The van der Waals surface area contributed by atoms with Crippen LogP contribution in [0, 0.1) is 0 Å². The third-order valence-corrected chi connectivity index (χ3v) is 2.93. The summed E-state index contributed by atoms with van der Waals surface area (Å²) in [5.74, 6) is -0.584. The molecule has 0 aliphatic carbocycles. The summed E-state index contributed by atoms with van der Waals surface area (Å²) in [6.07, 6.45) is 3.92. The lowest BCUT2D eigenvalue weighted by molar-refractivity contribution is -0.143. The smallest absolute Gasteiger partial charge is 0.306 e. The van der Waals surface area contributed by atoms with E-state index in [4.69, 9.17) is 5.11 Å². The molecule has 5 nitrogen and oxygen atoms in total. The molecule has 1 amide bonds. The number of benzene rings is 1. The number of hydrogen-bond donors (Lipinski definition) is 1. The van der Waals surface area contributed by atoms with Gasteiger partial charge in [-0.05, 0) is 5.56 Å². The fourth-order valence-electron chi connectivity index (χ4n) is 1.79. The molecule has 0 heterocycles. The number of aliphatic hydroxyl groups is 1. The minimum atomic E-state index is -0.410. The largest absolute Gasteiger partial charge is 0.469 e. The predicted molar refractivity (Wildman–Crippen MR) is 80.4 cm³/mol. The average molecular weight is 291 g/mol. The molecular formula is C16H21NO4. The third kappa shape index (κ3) is 6.72.